The zero-order valence-electron chi connectivity index (χ0n) is 6.81. The Morgan fingerprint density at radius 1 is 1.33 bits per heavy atom. The van der Waals surface area contributed by atoms with E-state index >= 15 is 0 Å². The molecule has 1 aromatic carbocycles. The number of H-pyrrole nitrogens is 1. The SMILES string of the molecule is [2H]c1cccc2[nH]cc([2H])c12. The third kappa shape index (κ3) is 0.617. The standard InChI is InChI=1S/C8H7N/c1-2-4-8-7(3-1)5-6-9-8/h1-6,9H/i3D,5D. The fourth-order valence-electron chi connectivity index (χ4n) is 0.863. The van der Waals surface area contributed by atoms with Gasteiger partial charge in [0, 0.05) is 11.7 Å². The summed E-state index contributed by atoms with van der Waals surface area (Å²) in [5.74, 6) is 0. The lowest BCUT2D eigenvalue weighted by Crippen LogP contribution is -1.61. The van der Waals surface area contributed by atoms with Crippen molar-refractivity contribution in [1.82, 2.24) is 4.98 Å². The molecule has 2 rings (SSSR count). The van der Waals surface area contributed by atoms with Crippen LogP contribution in [0.2, 0.25) is 0 Å². The molecule has 2 aromatic rings. The highest BCUT2D eigenvalue weighted by Gasteiger charge is 1.86. The van der Waals surface area contributed by atoms with Crippen LogP contribution in [0, 0.1) is 0 Å². The molecule has 0 unspecified atom stereocenters. The lowest BCUT2D eigenvalue weighted by atomic mass is 10.3. The summed E-state index contributed by atoms with van der Waals surface area (Å²) >= 11 is 0. The summed E-state index contributed by atoms with van der Waals surface area (Å²) < 4.78 is 14.9. The summed E-state index contributed by atoms with van der Waals surface area (Å²) in [5, 5.41) is 0.701. The minimum Gasteiger partial charge on any atom is -0.361 e. The van der Waals surface area contributed by atoms with Crippen LogP contribution in [-0.2, 0) is 0 Å². The van der Waals surface area contributed by atoms with Gasteiger partial charge in [-0.15, -0.1) is 0 Å². The van der Waals surface area contributed by atoms with Crippen LogP contribution >= 0.6 is 0 Å². The monoisotopic (exact) mass is 119 g/mol. The largest absolute Gasteiger partial charge is 0.361 e. The maximum atomic E-state index is 7.48. The van der Waals surface area contributed by atoms with Gasteiger partial charge in [-0.1, -0.05) is 18.2 Å². The summed E-state index contributed by atoms with van der Waals surface area (Å²) in [6, 6.07) is 6.17. The average molecular weight is 119 g/mol. The van der Waals surface area contributed by atoms with E-state index in [0.29, 0.717) is 17.5 Å². The van der Waals surface area contributed by atoms with Gasteiger partial charge >= 0.3 is 0 Å². The molecule has 0 amide bonds. The van der Waals surface area contributed by atoms with Gasteiger partial charge in [0.1, 0.15) is 0 Å². The highest BCUT2D eigenvalue weighted by molar-refractivity contribution is 5.78. The Hall–Kier alpha value is -1.24. The number of aromatic amines is 1. The number of hydrogen-bond acceptors (Lipinski definition) is 0. The van der Waals surface area contributed by atoms with Crippen molar-refractivity contribution in [2.75, 3.05) is 0 Å². The van der Waals surface area contributed by atoms with Crippen molar-refractivity contribution in [3.05, 3.63) is 36.5 Å². The van der Waals surface area contributed by atoms with Crippen LogP contribution in [0.25, 0.3) is 10.9 Å². The molecule has 0 saturated heterocycles. The van der Waals surface area contributed by atoms with Crippen molar-refractivity contribution in [1.29, 1.82) is 0 Å². The van der Waals surface area contributed by atoms with Crippen LogP contribution in [0.1, 0.15) is 2.74 Å². The molecule has 1 aromatic heterocycles. The Morgan fingerprint density at radius 2 is 2.33 bits per heavy atom. The van der Waals surface area contributed by atoms with Gasteiger partial charge in [-0.05, 0) is 17.5 Å². The van der Waals surface area contributed by atoms with Gasteiger partial charge in [-0.3, -0.25) is 0 Å². The van der Waals surface area contributed by atoms with Crippen LogP contribution in [-0.4, -0.2) is 4.98 Å². The molecular weight excluding hydrogens is 110 g/mol. The Labute approximate surface area is 56.1 Å². The third-order valence-electron chi connectivity index (χ3n) is 1.30. The van der Waals surface area contributed by atoms with E-state index in [1.54, 1.807) is 18.3 Å². The molecule has 0 radical (unpaired) electrons. The van der Waals surface area contributed by atoms with Gasteiger partial charge in [0.05, 0.1) is 2.74 Å². The van der Waals surface area contributed by atoms with E-state index in [2.05, 4.69) is 4.98 Å². The Bertz CT molecular complexity index is 392. The Morgan fingerprint density at radius 3 is 3.22 bits per heavy atom. The van der Waals surface area contributed by atoms with E-state index in [9.17, 15) is 0 Å². The predicted molar refractivity (Wildman–Crippen MR) is 38.3 cm³/mol. The second kappa shape index (κ2) is 1.62. The molecule has 0 fully saturated rings. The number of para-hydroxylation sites is 1. The molecule has 0 aliphatic rings. The predicted octanol–water partition coefficient (Wildman–Crippen LogP) is 2.17. The molecule has 1 heterocycles. The molecule has 44 valence electrons. The lowest BCUT2D eigenvalue weighted by Gasteiger charge is -1.83. The molecule has 0 aliphatic heterocycles. The van der Waals surface area contributed by atoms with E-state index < -0.39 is 0 Å². The fourth-order valence-corrected chi connectivity index (χ4v) is 0.863. The minimum atomic E-state index is 0.394. The number of hydrogen-bond donors (Lipinski definition) is 1. The third-order valence-corrected chi connectivity index (χ3v) is 1.30. The summed E-state index contributed by atoms with van der Waals surface area (Å²) in [4.78, 5) is 2.92. The quantitative estimate of drug-likeness (QED) is 0.547. The molecule has 1 N–H and O–H groups in total. The minimum absolute atomic E-state index is 0.394. The highest BCUT2D eigenvalue weighted by atomic mass is 14.6. The molecule has 1 heteroatoms. The van der Waals surface area contributed by atoms with Crippen molar-refractivity contribution in [2.24, 2.45) is 0 Å². The molecule has 0 spiro atoms. The van der Waals surface area contributed by atoms with Crippen LogP contribution in [0.4, 0.5) is 0 Å². The van der Waals surface area contributed by atoms with Gasteiger partial charge in [-0.25, -0.2) is 0 Å². The molecular formula is C8H7N. The van der Waals surface area contributed by atoms with Gasteiger partial charge in [0.2, 0.25) is 0 Å². The highest BCUT2D eigenvalue weighted by Crippen LogP contribution is 2.09. The average Bonchev–Trinajstić information content (AvgIpc) is 2.34. The first-order valence-corrected chi connectivity index (χ1v) is 2.82. The number of aromatic nitrogens is 1. The molecule has 9 heavy (non-hydrogen) atoms. The maximum Gasteiger partial charge on any atom is 0.0645 e. The van der Waals surface area contributed by atoms with E-state index in [1.807, 2.05) is 6.07 Å². The first-order valence-electron chi connectivity index (χ1n) is 3.82. The Kier molecular flexibility index (Phi) is 0.552. The number of rotatable bonds is 0. The number of benzene rings is 1. The van der Waals surface area contributed by atoms with Crippen LogP contribution in [0.5, 0.6) is 0 Å². The topological polar surface area (TPSA) is 15.8 Å². The fraction of sp³-hybridized carbons (Fsp3) is 0. The van der Waals surface area contributed by atoms with E-state index in [1.165, 1.54) is 0 Å². The summed E-state index contributed by atoms with van der Waals surface area (Å²) in [7, 11) is 0. The van der Waals surface area contributed by atoms with Crippen molar-refractivity contribution in [2.45, 2.75) is 0 Å². The van der Waals surface area contributed by atoms with E-state index in [4.69, 9.17) is 2.74 Å². The maximum absolute atomic E-state index is 7.48. The van der Waals surface area contributed by atoms with Gasteiger partial charge in [0.25, 0.3) is 0 Å². The summed E-state index contributed by atoms with van der Waals surface area (Å²) in [6.07, 6.45) is 1.60. The van der Waals surface area contributed by atoms with Crippen molar-refractivity contribution < 1.29 is 2.74 Å². The second-order valence-corrected chi connectivity index (χ2v) is 1.89. The van der Waals surface area contributed by atoms with Crippen LogP contribution < -0.4 is 0 Å². The zero-order chi connectivity index (χ0) is 7.84. The second-order valence-electron chi connectivity index (χ2n) is 1.89. The van der Waals surface area contributed by atoms with E-state index in [0.717, 1.165) is 5.52 Å². The van der Waals surface area contributed by atoms with Gasteiger partial charge < -0.3 is 4.98 Å². The molecule has 0 bridgehead atoms. The van der Waals surface area contributed by atoms with E-state index in [-0.39, 0.29) is 0 Å². The smallest absolute Gasteiger partial charge is 0.0645 e. The molecule has 0 aliphatic carbocycles. The van der Waals surface area contributed by atoms with Crippen LogP contribution in [0.3, 0.4) is 0 Å². The summed E-state index contributed by atoms with van der Waals surface area (Å²) in [5.41, 5.74) is 0.863. The molecule has 0 atom stereocenters. The number of fused-ring (bicyclic) bond motifs is 1. The normalized spacial score (nSPS) is 13.3. The van der Waals surface area contributed by atoms with Crippen LogP contribution in [0.15, 0.2) is 36.5 Å². The molecule has 1 nitrogen and oxygen atoms in total. The molecule has 0 saturated carbocycles. The van der Waals surface area contributed by atoms with Crippen molar-refractivity contribution in [3.8, 4) is 0 Å². The Balaban J connectivity index is 2.96. The first kappa shape index (κ1) is 3.06. The van der Waals surface area contributed by atoms with Gasteiger partial charge in [0.15, 0.2) is 0 Å². The number of nitrogens with one attached hydrogen (secondary N) is 1. The lowest BCUT2D eigenvalue weighted by molar-refractivity contribution is 1.48. The summed E-state index contributed by atoms with van der Waals surface area (Å²) in [6.45, 7) is 0. The zero-order valence-corrected chi connectivity index (χ0v) is 4.81. The van der Waals surface area contributed by atoms with Crippen molar-refractivity contribution in [3.63, 3.8) is 0 Å². The van der Waals surface area contributed by atoms with Crippen molar-refractivity contribution >= 4 is 10.9 Å². The first-order chi connectivity index (χ1) is 5.29. The van der Waals surface area contributed by atoms with Gasteiger partial charge in [-0.2, -0.15) is 0 Å².